The van der Waals surface area contributed by atoms with E-state index in [-0.39, 0.29) is 48.3 Å². The van der Waals surface area contributed by atoms with Gasteiger partial charge < -0.3 is 33.9 Å². The van der Waals surface area contributed by atoms with Gasteiger partial charge in [0.2, 0.25) is 0 Å². The van der Waals surface area contributed by atoms with Gasteiger partial charge in [0, 0.05) is 51.9 Å². The molecule has 7 fully saturated rings. The van der Waals surface area contributed by atoms with Crippen molar-refractivity contribution in [2.24, 2.45) is 28.6 Å². The highest BCUT2D eigenvalue weighted by atomic mass is 16.7. The average molecular weight is 494 g/mol. The Morgan fingerprint density at radius 2 is 1.94 bits per heavy atom. The second kappa shape index (κ2) is 6.79. The molecule has 9 nitrogen and oxygen atoms in total. The Balaban J connectivity index is 1.61. The van der Waals surface area contributed by atoms with Crippen molar-refractivity contribution < 1.29 is 38.7 Å². The van der Waals surface area contributed by atoms with Crippen LogP contribution in [0, 0.1) is 28.6 Å². The van der Waals surface area contributed by atoms with Gasteiger partial charge in [-0.25, -0.2) is 0 Å². The van der Waals surface area contributed by atoms with Crippen LogP contribution in [-0.4, -0.2) is 102 Å². The molecule has 7 rings (SSSR count). The van der Waals surface area contributed by atoms with Crippen LogP contribution in [0.5, 0.6) is 0 Å². The molecule has 0 amide bonds. The van der Waals surface area contributed by atoms with E-state index in [0.29, 0.717) is 12.8 Å². The molecule has 2 saturated heterocycles. The van der Waals surface area contributed by atoms with Crippen molar-refractivity contribution in [1.29, 1.82) is 0 Å². The molecule has 0 aromatic heterocycles. The Labute approximate surface area is 206 Å². The third-order valence-electron chi connectivity index (χ3n) is 11.9. The number of methoxy groups -OCH3 is 2. The quantitative estimate of drug-likeness (QED) is 0.547. The van der Waals surface area contributed by atoms with Crippen LogP contribution in [0.2, 0.25) is 0 Å². The zero-order valence-electron chi connectivity index (χ0n) is 21.4. The number of carbonyl (C=O) groups is 1. The van der Waals surface area contributed by atoms with Crippen molar-refractivity contribution in [1.82, 2.24) is 4.90 Å². The van der Waals surface area contributed by atoms with E-state index >= 15 is 0 Å². The van der Waals surface area contributed by atoms with Crippen molar-refractivity contribution in [2.75, 3.05) is 34.1 Å². The number of fused-ring (bicyclic) bond motifs is 1. The molecular formula is C26H39NO8. The zero-order chi connectivity index (χ0) is 24.8. The SMILES string of the molecule is CCN1C[C@@]2(C)CC[C@@H](OC)C34[C@@H]1[C@@]1(OCO[C@@]15C[C@H](OC)[C@@H]1C[C@]3(O)[C@@H]5[C@H]1O)[C@@H](OC(C)=O)[C@@H]42. The lowest BCUT2D eigenvalue weighted by Gasteiger charge is -2.71. The summed E-state index contributed by atoms with van der Waals surface area (Å²) in [6.07, 6.45) is 0.601. The summed E-state index contributed by atoms with van der Waals surface area (Å²) >= 11 is 0. The molecule has 0 aromatic carbocycles. The third kappa shape index (κ3) is 2.09. The number of nitrogens with zero attached hydrogens (tertiary/aromatic N) is 1. The maximum Gasteiger partial charge on any atom is 0.303 e. The molecule has 5 saturated carbocycles. The molecule has 196 valence electrons. The first kappa shape index (κ1) is 23.3. The first-order chi connectivity index (χ1) is 16.6. The van der Waals surface area contributed by atoms with E-state index in [0.717, 1.165) is 25.9 Å². The van der Waals surface area contributed by atoms with Crippen molar-refractivity contribution >= 4 is 5.97 Å². The standard InChI is InChI=1S/C26H39NO8/c1-6-27-11-22(3)8-7-16(32-5)25-19(22)20(35-13(2)28)26(21(25)27)24(33-12-34-26)10-15(31-4)14-9-23(25,30)18(24)17(14)29/h14-21,29-30H,6-12H2,1-5H3/t14-,15-,16+,17-,18-,19+,20-,21+,22+,23-,24+,25?,26-/m0/s1. The summed E-state index contributed by atoms with van der Waals surface area (Å²) in [5.74, 6) is -1.33. The highest BCUT2D eigenvalue weighted by Gasteiger charge is 2.97. The van der Waals surface area contributed by atoms with Gasteiger partial charge in [0.05, 0.1) is 35.4 Å². The van der Waals surface area contributed by atoms with Gasteiger partial charge in [-0.05, 0) is 31.2 Å². The number of hydrogen-bond donors (Lipinski definition) is 2. The second-order valence-electron chi connectivity index (χ2n) is 12.7. The van der Waals surface area contributed by atoms with Gasteiger partial charge in [-0.15, -0.1) is 0 Å². The number of carbonyl (C=O) groups excluding carboxylic acids is 1. The third-order valence-corrected chi connectivity index (χ3v) is 11.9. The zero-order valence-corrected chi connectivity index (χ0v) is 21.4. The summed E-state index contributed by atoms with van der Waals surface area (Å²) in [4.78, 5) is 15.1. The van der Waals surface area contributed by atoms with E-state index in [2.05, 4.69) is 18.7 Å². The molecular weight excluding hydrogens is 454 g/mol. The molecule has 1 unspecified atom stereocenters. The molecule has 9 heteroatoms. The molecule has 7 aliphatic rings. The Hall–Kier alpha value is -0.810. The molecule has 13 atom stereocenters. The summed E-state index contributed by atoms with van der Waals surface area (Å²) in [5.41, 5.74) is -4.39. The lowest BCUT2D eigenvalue weighted by atomic mass is 9.41. The Morgan fingerprint density at radius 1 is 1.17 bits per heavy atom. The van der Waals surface area contributed by atoms with Gasteiger partial charge in [0.15, 0.2) is 5.60 Å². The van der Waals surface area contributed by atoms with E-state index < -0.39 is 40.3 Å². The smallest absolute Gasteiger partial charge is 0.303 e. The van der Waals surface area contributed by atoms with E-state index in [9.17, 15) is 15.0 Å². The van der Waals surface area contributed by atoms with E-state index in [1.807, 2.05) is 0 Å². The number of esters is 1. The number of likely N-dealkylation sites (N-methyl/N-ethyl adjacent to an activating group) is 1. The van der Waals surface area contributed by atoms with Crippen molar-refractivity contribution in [3.63, 3.8) is 0 Å². The fourth-order valence-corrected chi connectivity index (χ4v) is 11.5. The molecule has 35 heavy (non-hydrogen) atoms. The monoisotopic (exact) mass is 493 g/mol. The van der Waals surface area contributed by atoms with Crippen LogP contribution in [-0.2, 0) is 28.5 Å². The first-order valence-corrected chi connectivity index (χ1v) is 13.3. The van der Waals surface area contributed by atoms with Gasteiger partial charge >= 0.3 is 5.97 Å². The number of rotatable bonds is 4. The summed E-state index contributed by atoms with van der Waals surface area (Å²) in [7, 11) is 3.39. The Morgan fingerprint density at radius 3 is 2.60 bits per heavy atom. The lowest BCUT2D eigenvalue weighted by molar-refractivity contribution is -0.331. The maximum atomic E-state index is 13.2. The van der Waals surface area contributed by atoms with Crippen molar-refractivity contribution in [3.05, 3.63) is 0 Å². The molecule has 2 N–H and O–H groups in total. The number of ether oxygens (including phenoxy) is 5. The van der Waals surface area contributed by atoms with Gasteiger partial charge in [0.25, 0.3) is 0 Å². The second-order valence-corrected chi connectivity index (χ2v) is 12.7. The van der Waals surface area contributed by atoms with Crippen LogP contribution in [0.25, 0.3) is 0 Å². The molecule has 3 spiro atoms. The van der Waals surface area contributed by atoms with E-state index in [1.165, 1.54) is 6.92 Å². The minimum atomic E-state index is -1.29. The van der Waals surface area contributed by atoms with Gasteiger partial charge in [-0.2, -0.15) is 0 Å². The van der Waals surface area contributed by atoms with Gasteiger partial charge in [0.1, 0.15) is 18.5 Å². The summed E-state index contributed by atoms with van der Waals surface area (Å²) < 4.78 is 31.9. The maximum absolute atomic E-state index is 13.2. The topological polar surface area (TPSA) is 107 Å². The van der Waals surface area contributed by atoms with Crippen LogP contribution in [0.1, 0.15) is 46.5 Å². The molecule has 2 aliphatic heterocycles. The van der Waals surface area contributed by atoms with Crippen molar-refractivity contribution in [2.45, 2.75) is 93.7 Å². The average Bonchev–Trinajstić information content (AvgIpc) is 3.34. The molecule has 5 aliphatic carbocycles. The van der Waals surface area contributed by atoms with Crippen LogP contribution < -0.4 is 0 Å². The van der Waals surface area contributed by atoms with E-state index in [1.54, 1.807) is 14.2 Å². The normalized spacial score (nSPS) is 61.6. The van der Waals surface area contributed by atoms with Crippen LogP contribution in [0.15, 0.2) is 0 Å². The van der Waals surface area contributed by atoms with Crippen molar-refractivity contribution in [3.8, 4) is 0 Å². The highest BCUT2D eigenvalue weighted by molar-refractivity contribution is 5.67. The first-order valence-electron chi connectivity index (χ1n) is 13.3. The van der Waals surface area contributed by atoms with E-state index in [4.69, 9.17) is 23.7 Å². The lowest BCUT2D eigenvalue weighted by Crippen LogP contribution is -2.85. The summed E-state index contributed by atoms with van der Waals surface area (Å²) in [6, 6.07) is -0.280. The van der Waals surface area contributed by atoms with Crippen LogP contribution in [0.4, 0.5) is 0 Å². The molecule has 0 aromatic rings. The predicted octanol–water partition coefficient (Wildman–Crippen LogP) is 0.696. The predicted molar refractivity (Wildman–Crippen MR) is 121 cm³/mol. The molecule has 0 radical (unpaired) electrons. The number of piperidine rings is 1. The van der Waals surface area contributed by atoms with Crippen LogP contribution >= 0.6 is 0 Å². The number of aliphatic hydroxyl groups excluding tert-OH is 1. The van der Waals surface area contributed by atoms with Gasteiger partial charge in [-0.1, -0.05) is 13.8 Å². The van der Waals surface area contributed by atoms with Crippen LogP contribution in [0.3, 0.4) is 0 Å². The minimum Gasteiger partial charge on any atom is -0.459 e. The molecule has 7 bridgehead atoms. The highest BCUT2D eigenvalue weighted by Crippen LogP contribution is 2.83. The fraction of sp³-hybridized carbons (Fsp3) is 0.962. The number of aliphatic hydroxyl groups is 2. The fourth-order valence-electron chi connectivity index (χ4n) is 11.5. The van der Waals surface area contributed by atoms with Gasteiger partial charge in [-0.3, -0.25) is 9.69 Å². The molecule has 2 heterocycles. The summed E-state index contributed by atoms with van der Waals surface area (Å²) in [5, 5.41) is 25.0. The Bertz CT molecular complexity index is 964. The number of likely N-dealkylation sites (tertiary alicyclic amines) is 1. The number of hydrogen-bond acceptors (Lipinski definition) is 9. The largest absolute Gasteiger partial charge is 0.459 e. The summed E-state index contributed by atoms with van der Waals surface area (Å²) in [6.45, 7) is 7.50. The minimum absolute atomic E-state index is 0.0311. The Kier molecular flexibility index (Phi) is 4.52.